The standard InChI is InChI=1S/C13H20N2O2S/c1-13(9-17-8-11(13)14)12(16)15(2)6-5-10-4-3-7-18-10/h3-4,7,11H,5-6,8-9,14H2,1-2H3. The summed E-state index contributed by atoms with van der Waals surface area (Å²) in [7, 11) is 1.84. The van der Waals surface area contributed by atoms with Crippen molar-refractivity contribution < 1.29 is 9.53 Å². The number of ether oxygens (including phenoxy) is 1. The molecule has 2 rings (SSSR count). The van der Waals surface area contributed by atoms with Crippen LogP contribution in [0.15, 0.2) is 17.5 Å². The summed E-state index contributed by atoms with van der Waals surface area (Å²) in [5.74, 6) is 0.0871. The van der Waals surface area contributed by atoms with E-state index in [0.29, 0.717) is 13.2 Å². The number of rotatable bonds is 4. The molecule has 0 saturated carbocycles. The summed E-state index contributed by atoms with van der Waals surface area (Å²) < 4.78 is 5.32. The molecular weight excluding hydrogens is 248 g/mol. The lowest BCUT2D eigenvalue weighted by Gasteiger charge is -2.30. The molecule has 1 fully saturated rings. The van der Waals surface area contributed by atoms with Crippen LogP contribution >= 0.6 is 11.3 Å². The van der Waals surface area contributed by atoms with E-state index < -0.39 is 5.41 Å². The largest absolute Gasteiger partial charge is 0.379 e. The van der Waals surface area contributed by atoms with Crippen molar-refractivity contribution in [3.8, 4) is 0 Å². The van der Waals surface area contributed by atoms with Gasteiger partial charge >= 0.3 is 0 Å². The van der Waals surface area contributed by atoms with Gasteiger partial charge in [0.1, 0.15) is 0 Å². The fourth-order valence-electron chi connectivity index (χ4n) is 2.18. The SMILES string of the molecule is CN(CCc1cccs1)C(=O)C1(C)COCC1N. The molecule has 5 heteroatoms. The van der Waals surface area contributed by atoms with E-state index in [1.807, 2.05) is 20.0 Å². The number of carbonyl (C=O) groups is 1. The smallest absolute Gasteiger partial charge is 0.232 e. The predicted octanol–water partition coefficient (Wildman–Crippen LogP) is 1.11. The number of nitrogens with zero attached hydrogens (tertiary/aromatic N) is 1. The number of hydrogen-bond acceptors (Lipinski definition) is 4. The van der Waals surface area contributed by atoms with Crippen LogP contribution in [0, 0.1) is 5.41 Å². The molecule has 1 aliphatic heterocycles. The van der Waals surface area contributed by atoms with Gasteiger partial charge in [-0.3, -0.25) is 4.79 Å². The molecule has 0 aromatic carbocycles. The van der Waals surface area contributed by atoms with Gasteiger partial charge in [0.15, 0.2) is 0 Å². The number of thiophene rings is 1. The zero-order valence-corrected chi connectivity index (χ0v) is 11.7. The zero-order chi connectivity index (χ0) is 13.2. The van der Waals surface area contributed by atoms with Crippen molar-refractivity contribution in [3.63, 3.8) is 0 Å². The first-order valence-corrected chi connectivity index (χ1v) is 7.03. The summed E-state index contributed by atoms with van der Waals surface area (Å²) in [4.78, 5) is 15.5. The number of hydrogen-bond donors (Lipinski definition) is 1. The maximum absolute atomic E-state index is 12.4. The van der Waals surface area contributed by atoms with Crippen LogP contribution < -0.4 is 5.73 Å². The number of nitrogens with two attached hydrogens (primary N) is 1. The average molecular weight is 268 g/mol. The maximum Gasteiger partial charge on any atom is 0.232 e. The fourth-order valence-corrected chi connectivity index (χ4v) is 2.88. The van der Waals surface area contributed by atoms with Crippen LogP contribution in [0.3, 0.4) is 0 Å². The second-order valence-corrected chi connectivity index (χ2v) is 6.13. The van der Waals surface area contributed by atoms with Crippen molar-refractivity contribution in [2.24, 2.45) is 11.1 Å². The third-order valence-electron chi connectivity index (χ3n) is 3.63. The van der Waals surface area contributed by atoms with Crippen LogP contribution in [0.1, 0.15) is 11.8 Å². The van der Waals surface area contributed by atoms with Crippen LogP contribution in [-0.2, 0) is 16.0 Å². The lowest BCUT2D eigenvalue weighted by Crippen LogP contribution is -2.50. The summed E-state index contributed by atoms with van der Waals surface area (Å²) in [5, 5.41) is 2.05. The molecule has 1 aromatic heterocycles. The Morgan fingerprint density at radius 2 is 2.50 bits per heavy atom. The summed E-state index contributed by atoms with van der Waals surface area (Å²) in [5.41, 5.74) is 5.41. The van der Waals surface area contributed by atoms with Crippen LogP contribution in [-0.4, -0.2) is 43.7 Å². The van der Waals surface area contributed by atoms with E-state index >= 15 is 0 Å². The molecule has 2 unspecified atom stereocenters. The summed E-state index contributed by atoms with van der Waals surface area (Å²) in [6.07, 6.45) is 0.895. The maximum atomic E-state index is 12.4. The van der Waals surface area contributed by atoms with E-state index in [4.69, 9.17) is 10.5 Å². The van der Waals surface area contributed by atoms with Gasteiger partial charge in [-0.1, -0.05) is 6.07 Å². The summed E-state index contributed by atoms with van der Waals surface area (Å²) in [6.45, 7) is 3.52. The lowest BCUT2D eigenvalue weighted by atomic mass is 9.84. The van der Waals surface area contributed by atoms with E-state index in [9.17, 15) is 4.79 Å². The van der Waals surface area contributed by atoms with E-state index in [-0.39, 0.29) is 11.9 Å². The van der Waals surface area contributed by atoms with Crippen LogP contribution in [0.2, 0.25) is 0 Å². The van der Waals surface area contributed by atoms with Gasteiger partial charge in [-0.15, -0.1) is 11.3 Å². The molecule has 2 N–H and O–H groups in total. The Morgan fingerprint density at radius 3 is 3.06 bits per heavy atom. The van der Waals surface area contributed by atoms with Crippen molar-refractivity contribution in [2.45, 2.75) is 19.4 Å². The van der Waals surface area contributed by atoms with E-state index in [1.54, 1.807) is 16.2 Å². The molecular formula is C13H20N2O2S. The van der Waals surface area contributed by atoms with Crippen molar-refractivity contribution in [1.82, 2.24) is 4.90 Å². The molecule has 1 aliphatic rings. The first-order valence-electron chi connectivity index (χ1n) is 6.15. The highest BCUT2D eigenvalue weighted by molar-refractivity contribution is 7.09. The summed E-state index contributed by atoms with van der Waals surface area (Å²) in [6, 6.07) is 3.92. The highest BCUT2D eigenvalue weighted by Crippen LogP contribution is 2.29. The Morgan fingerprint density at radius 1 is 1.72 bits per heavy atom. The number of carbonyl (C=O) groups excluding carboxylic acids is 1. The second-order valence-electron chi connectivity index (χ2n) is 5.10. The first kappa shape index (κ1) is 13.5. The minimum Gasteiger partial charge on any atom is -0.379 e. The van der Waals surface area contributed by atoms with Crippen molar-refractivity contribution in [1.29, 1.82) is 0 Å². The Hall–Kier alpha value is -0.910. The molecule has 2 heterocycles. The quantitative estimate of drug-likeness (QED) is 0.890. The van der Waals surface area contributed by atoms with Gasteiger partial charge in [0.25, 0.3) is 0 Å². The van der Waals surface area contributed by atoms with E-state index in [2.05, 4.69) is 11.4 Å². The molecule has 0 bridgehead atoms. The van der Waals surface area contributed by atoms with E-state index in [1.165, 1.54) is 4.88 Å². The number of amides is 1. The van der Waals surface area contributed by atoms with E-state index in [0.717, 1.165) is 13.0 Å². The van der Waals surface area contributed by atoms with Crippen LogP contribution in [0.5, 0.6) is 0 Å². The Balaban J connectivity index is 1.92. The Bertz CT molecular complexity index is 407. The molecule has 1 saturated heterocycles. The third kappa shape index (κ3) is 2.58. The molecule has 1 aromatic rings. The van der Waals surface area contributed by atoms with Crippen molar-refractivity contribution >= 4 is 17.2 Å². The van der Waals surface area contributed by atoms with Gasteiger partial charge in [-0.25, -0.2) is 0 Å². The zero-order valence-electron chi connectivity index (χ0n) is 10.9. The Kier molecular flexibility index (Phi) is 4.04. The van der Waals surface area contributed by atoms with Gasteiger partial charge in [-0.05, 0) is 24.8 Å². The van der Waals surface area contributed by atoms with Gasteiger partial charge in [-0.2, -0.15) is 0 Å². The van der Waals surface area contributed by atoms with Crippen LogP contribution in [0.25, 0.3) is 0 Å². The molecule has 0 spiro atoms. The monoisotopic (exact) mass is 268 g/mol. The Labute approximate surface area is 112 Å². The molecule has 4 nitrogen and oxygen atoms in total. The normalized spacial score (nSPS) is 27.4. The van der Waals surface area contributed by atoms with Crippen LogP contribution in [0.4, 0.5) is 0 Å². The molecule has 18 heavy (non-hydrogen) atoms. The minimum atomic E-state index is -0.565. The first-order chi connectivity index (χ1) is 8.54. The topological polar surface area (TPSA) is 55.6 Å². The molecule has 0 aliphatic carbocycles. The lowest BCUT2D eigenvalue weighted by molar-refractivity contribution is -0.140. The average Bonchev–Trinajstić information content (AvgIpc) is 2.97. The molecule has 100 valence electrons. The molecule has 0 radical (unpaired) electrons. The third-order valence-corrected chi connectivity index (χ3v) is 4.56. The van der Waals surface area contributed by atoms with Crippen molar-refractivity contribution in [2.75, 3.05) is 26.8 Å². The molecule has 2 atom stereocenters. The summed E-state index contributed by atoms with van der Waals surface area (Å²) >= 11 is 1.72. The van der Waals surface area contributed by atoms with Crippen molar-refractivity contribution in [3.05, 3.63) is 22.4 Å². The van der Waals surface area contributed by atoms with Gasteiger partial charge in [0.05, 0.1) is 18.6 Å². The fraction of sp³-hybridized carbons (Fsp3) is 0.615. The van der Waals surface area contributed by atoms with Gasteiger partial charge < -0.3 is 15.4 Å². The molecule has 1 amide bonds. The number of likely N-dealkylation sites (N-methyl/N-ethyl adjacent to an activating group) is 1. The minimum absolute atomic E-state index is 0.0871. The van der Waals surface area contributed by atoms with Gasteiger partial charge in [0.2, 0.25) is 5.91 Å². The predicted molar refractivity (Wildman–Crippen MR) is 72.6 cm³/mol. The highest BCUT2D eigenvalue weighted by atomic mass is 32.1. The second kappa shape index (κ2) is 5.38. The van der Waals surface area contributed by atoms with Gasteiger partial charge in [0, 0.05) is 24.5 Å². The highest BCUT2D eigenvalue weighted by Gasteiger charge is 2.45.